The van der Waals surface area contributed by atoms with E-state index >= 15 is 0 Å². The number of alkyl halides is 3. The summed E-state index contributed by atoms with van der Waals surface area (Å²) in [5, 5.41) is 11.1. The van der Waals surface area contributed by atoms with Gasteiger partial charge in [-0.2, -0.15) is 18.4 Å². The zero-order chi connectivity index (χ0) is 19.5. The van der Waals surface area contributed by atoms with Crippen LogP contribution in [0, 0.1) is 25.2 Å². The Kier molecular flexibility index (Phi) is 5.93. The summed E-state index contributed by atoms with van der Waals surface area (Å²) in [4.78, 5) is 16.4. The minimum Gasteiger partial charge on any atom is -0.325 e. The van der Waals surface area contributed by atoms with Crippen molar-refractivity contribution in [2.75, 3.05) is 5.32 Å². The number of nitrogens with one attached hydrogen (secondary N) is 1. The largest absolute Gasteiger partial charge is 0.417 e. The van der Waals surface area contributed by atoms with Crippen molar-refractivity contribution in [2.24, 2.45) is 0 Å². The Morgan fingerprint density at radius 1 is 1.31 bits per heavy atom. The predicted molar refractivity (Wildman–Crippen MR) is 93.8 cm³/mol. The van der Waals surface area contributed by atoms with E-state index in [9.17, 15) is 23.2 Å². The zero-order valence-electron chi connectivity index (χ0n) is 14.3. The molecule has 26 heavy (non-hydrogen) atoms. The molecule has 0 saturated heterocycles. The summed E-state index contributed by atoms with van der Waals surface area (Å²) < 4.78 is 39.5. The number of hydrogen-bond donors (Lipinski definition) is 1. The predicted octanol–water partition coefficient (Wildman–Crippen LogP) is 4.71. The summed E-state index contributed by atoms with van der Waals surface area (Å²) in [5.74, 6) is -0.384. The van der Waals surface area contributed by atoms with Gasteiger partial charge in [-0.05, 0) is 38.5 Å². The maximum Gasteiger partial charge on any atom is 0.417 e. The molecule has 1 N–H and O–H groups in total. The van der Waals surface area contributed by atoms with Crippen LogP contribution in [-0.4, -0.2) is 16.1 Å². The number of pyridine rings is 1. The fourth-order valence-corrected chi connectivity index (χ4v) is 3.20. The number of carbonyl (C=O) groups is 1. The summed E-state index contributed by atoms with van der Waals surface area (Å²) in [6, 6.07) is 9.57. The van der Waals surface area contributed by atoms with Gasteiger partial charge in [0.2, 0.25) is 5.91 Å². The molecule has 1 aromatic heterocycles. The maximum atomic E-state index is 13.2. The molecule has 0 saturated carbocycles. The van der Waals surface area contributed by atoms with Gasteiger partial charge in [-0.25, -0.2) is 4.98 Å². The molecule has 1 unspecified atom stereocenters. The molecular formula is C18H16F3N3OS. The Bertz CT molecular complexity index is 875. The van der Waals surface area contributed by atoms with Gasteiger partial charge in [0.1, 0.15) is 11.1 Å². The first-order chi connectivity index (χ1) is 12.1. The van der Waals surface area contributed by atoms with Crippen LogP contribution in [0.3, 0.4) is 0 Å². The lowest BCUT2D eigenvalue weighted by Crippen LogP contribution is -2.23. The second kappa shape index (κ2) is 7.79. The minimum atomic E-state index is -4.67. The normalized spacial score (nSPS) is 12.3. The van der Waals surface area contributed by atoms with Crippen molar-refractivity contribution in [1.82, 2.24) is 4.98 Å². The highest BCUT2D eigenvalue weighted by Crippen LogP contribution is 2.37. The highest BCUT2D eigenvalue weighted by Gasteiger charge is 2.36. The van der Waals surface area contributed by atoms with Crippen molar-refractivity contribution < 1.29 is 18.0 Å². The van der Waals surface area contributed by atoms with Gasteiger partial charge >= 0.3 is 6.18 Å². The van der Waals surface area contributed by atoms with Crippen LogP contribution in [0.2, 0.25) is 0 Å². The molecule has 1 amide bonds. The fourth-order valence-electron chi connectivity index (χ4n) is 2.23. The minimum absolute atomic E-state index is 0.104. The third-order valence-corrected chi connectivity index (χ3v) is 4.68. The molecule has 1 heterocycles. The van der Waals surface area contributed by atoms with Crippen molar-refractivity contribution in [1.29, 1.82) is 5.26 Å². The highest BCUT2D eigenvalue weighted by molar-refractivity contribution is 8.00. The van der Waals surface area contributed by atoms with Crippen molar-refractivity contribution in [3.63, 3.8) is 0 Å². The molecule has 2 rings (SSSR count). The smallest absolute Gasteiger partial charge is 0.325 e. The number of rotatable bonds is 4. The number of para-hydroxylation sites is 1. The Morgan fingerprint density at radius 2 is 1.96 bits per heavy atom. The number of anilines is 1. The van der Waals surface area contributed by atoms with Crippen LogP contribution in [0.1, 0.15) is 29.3 Å². The third-order valence-electron chi connectivity index (χ3n) is 3.59. The molecule has 1 aromatic carbocycles. The van der Waals surface area contributed by atoms with Crippen LogP contribution in [0.25, 0.3) is 0 Å². The molecule has 1 atom stereocenters. The SMILES string of the molecule is Cc1cc(C(F)(F)F)c(C#N)c(SC(C)C(=O)Nc2ccccc2C)n1. The first kappa shape index (κ1) is 19.8. The van der Waals surface area contributed by atoms with E-state index in [0.29, 0.717) is 5.69 Å². The molecular weight excluding hydrogens is 363 g/mol. The van der Waals surface area contributed by atoms with Gasteiger partial charge in [0, 0.05) is 11.4 Å². The second-order valence-electron chi connectivity index (χ2n) is 5.67. The number of nitriles is 1. The van der Waals surface area contributed by atoms with E-state index in [-0.39, 0.29) is 16.6 Å². The molecule has 4 nitrogen and oxygen atoms in total. The molecule has 0 fully saturated rings. The molecule has 0 aliphatic carbocycles. The molecule has 2 aromatic rings. The van der Waals surface area contributed by atoms with Crippen LogP contribution < -0.4 is 5.32 Å². The Morgan fingerprint density at radius 3 is 2.54 bits per heavy atom. The Hall–Kier alpha value is -2.53. The van der Waals surface area contributed by atoms with Crippen LogP contribution in [0.5, 0.6) is 0 Å². The molecule has 8 heteroatoms. The van der Waals surface area contributed by atoms with E-state index in [4.69, 9.17) is 0 Å². The summed E-state index contributed by atoms with van der Waals surface area (Å²) in [6.45, 7) is 4.80. The highest BCUT2D eigenvalue weighted by atomic mass is 32.2. The van der Waals surface area contributed by atoms with Gasteiger partial charge < -0.3 is 5.32 Å². The van der Waals surface area contributed by atoms with Gasteiger partial charge in [0.05, 0.1) is 16.4 Å². The lowest BCUT2D eigenvalue weighted by molar-refractivity contribution is -0.138. The van der Waals surface area contributed by atoms with Crippen LogP contribution in [0.15, 0.2) is 35.4 Å². The zero-order valence-corrected chi connectivity index (χ0v) is 15.1. The number of hydrogen-bond acceptors (Lipinski definition) is 4. The standard InChI is InChI=1S/C18H16F3N3OS/c1-10-6-4-5-7-15(10)24-16(25)12(3)26-17-13(9-22)14(18(19,20)21)8-11(2)23-17/h4-8,12H,1-3H3,(H,24,25). The van der Waals surface area contributed by atoms with Crippen molar-refractivity contribution in [2.45, 2.75) is 37.2 Å². The Labute approximate surface area is 153 Å². The number of halogens is 3. The van der Waals surface area contributed by atoms with Crippen LogP contribution in [0.4, 0.5) is 18.9 Å². The average molecular weight is 379 g/mol. The second-order valence-corrected chi connectivity index (χ2v) is 6.99. The van der Waals surface area contributed by atoms with E-state index in [0.717, 1.165) is 23.4 Å². The van der Waals surface area contributed by atoms with Crippen molar-refractivity contribution in [3.05, 3.63) is 52.7 Å². The number of amides is 1. The number of benzene rings is 1. The van der Waals surface area contributed by atoms with Crippen molar-refractivity contribution in [3.8, 4) is 6.07 Å². The fraction of sp³-hybridized carbons (Fsp3) is 0.278. The molecule has 0 radical (unpaired) electrons. The van der Waals surface area contributed by atoms with Gasteiger partial charge in [-0.15, -0.1) is 0 Å². The van der Waals surface area contributed by atoms with Gasteiger partial charge in [-0.3, -0.25) is 4.79 Å². The lowest BCUT2D eigenvalue weighted by atomic mass is 10.1. The molecule has 0 aliphatic heterocycles. The molecule has 0 spiro atoms. The first-order valence-corrected chi connectivity index (χ1v) is 8.53. The number of nitrogens with zero attached hydrogens (tertiary/aromatic N) is 2. The molecule has 0 bridgehead atoms. The van der Waals surface area contributed by atoms with Gasteiger partial charge in [0.15, 0.2) is 0 Å². The number of aromatic nitrogens is 1. The van der Waals surface area contributed by atoms with Crippen LogP contribution >= 0.6 is 11.8 Å². The van der Waals surface area contributed by atoms with E-state index < -0.39 is 22.6 Å². The quantitative estimate of drug-likeness (QED) is 0.782. The third kappa shape index (κ3) is 4.55. The Balaban J connectivity index is 2.27. The topological polar surface area (TPSA) is 65.8 Å². The average Bonchev–Trinajstić information content (AvgIpc) is 2.55. The van der Waals surface area contributed by atoms with Gasteiger partial charge in [-0.1, -0.05) is 30.0 Å². The number of aryl methyl sites for hydroxylation is 2. The van der Waals surface area contributed by atoms with Gasteiger partial charge in [0.25, 0.3) is 0 Å². The maximum absolute atomic E-state index is 13.2. The number of thioether (sulfide) groups is 1. The monoisotopic (exact) mass is 379 g/mol. The summed E-state index contributed by atoms with van der Waals surface area (Å²) in [6.07, 6.45) is -4.67. The summed E-state index contributed by atoms with van der Waals surface area (Å²) >= 11 is 0.827. The van der Waals surface area contributed by atoms with E-state index in [2.05, 4.69) is 10.3 Å². The van der Waals surface area contributed by atoms with E-state index in [1.807, 2.05) is 19.1 Å². The first-order valence-electron chi connectivity index (χ1n) is 7.65. The lowest BCUT2D eigenvalue weighted by Gasteiger charge is -2.16. The summed E-state index contributed by atoms with van der Waals surface area (Å²) in [7, 11) is 0. The van der Waals surface area contributed by atoms with Crippen molar-refractivity contribution >= 4 is 23.4 Å². The number of carbonyl (C=O) groups excluding carboxylic acids is 1. The molecule has 136 valence electrons. The van der Waals surface area contributed by atoms with E-state index in [1.165, 1.54) is 6.92 Å². The van der Waals surface area contributed by atoms with E-state index in [1.54, 1.807) is 25.1 Å². The molecule has 0 aliphatic rings. The van der Waals surface area contributed by atoms with Crippen LogP contribution in [-0.2, 0) is 11.0 Å². The summed E-state index contributed by atoms with van der Waals surface area (Å²) in [5.41, 5.74) is 0.0120.